The molecule has 1 heterocycles. The fraction of sp³-hybridized carbons (Fsp3) is 0.586. The van der Waals surface area contributed by atoms with Crippen molar-refractivity contribution >= 4 is 5.69 Å². The molecule has 1 aliphatic carbocycles. The van der Waals surface area contributed by atoms with Crippen molar-refractivity contribution in [2.45, 2.75) is 59.2 Å². The second-order valence-electron chi connectivity index (χ2n) is 9.48. The normalized spacial score (nSPS) is 18.2. The van der Waals surface area contributed by atoms with Gasteiger partial charge in [-0.25, -0.2) is 0 Å². The van der Waals surface area contributed by atoms with E-state index in [-0.39, 0.29) is 6.10 Å². The maximum atomic E-state index is 9.36. The summed E-state index contributed by atoms with van der Waals surface area (Å²) in [6, 6.07) is 16.0. The first-order chi connectivity index (χ1) is 17.0. The summed E-state index contributed by atoms with van der Waals surface area (Å²) in [4.78, 5) is 4.68. The SMILES string of the molecule is CC(O)CO[C@@H]1CCN(c2ccc(Oc3cccc(OCC4CC4)c3)cc2)C1.CCN(CC)CC. The molecule has 0 bridgehead atoms. The summed E-state index contributed by atoms with van der Waals surface area (Å²) in [5.41, 5.74) is 1.16. The fourth-order valence-corrected chi connectivity index (χ4v) is 4.03. The zero-order valence-corrected chi connectivity index (χ0v) is 22.0. The van der Waals surface area contributed by atoms with Crippen molar-refractivity contribution in [1.82, 2.24) is 4.90 Å². The number of aliphatic hydroxyl groups excluding tert-OH is 1. The molecule has 1 saturated carbocycles. The molecule has 2 aromatic carbocycles. The minimum absolute atomic E-state index is 0.184. The van der Waals surface area contributed by atoms with Crippen LogP contribution < -0.4 is 14.4 Å². The van der Waals surface area contributed by atoms with E-state index in [1.54, 1.807) is 6.92 Å². The van der Waals surface area contributed by atoms with Crippen LogP contribution in [-0.2, 0) is 4.74 Å². The number of benzene rings is 2. The molecule has 2 atom stereocenters. The Morgan fingerprint density at radius 2 is 1.63 bits per heavy atom. The van der Waals surface area contributed by atoms with E-state index in [1.807, 2.05) is 36.4 Å². The van der Waals surface area contributed by atoms with Crippen LogP contribution in [0, 0.1) is 5.92 Å². The van der Waals surface area contributed by atoms with Gasteiger partial charge in [-0.15, -0.1) is 0 Å². The number of hydrogen-bond donors (Lipinski definition) is 1. The van der Waals surface area contributed by atoms with E-state index in [0.717, 1.165) is 55.0 Å². The van der Waals surface area contributed by atoms with E-state index < -0.39 is 6.10 Å². The van der Waals surface area contributed by atoms with Gasteiger partial charge < -0.3 is 29.1 Å². The van der Waals surface area contributed by atoms with Gasteiger partial charge in [0.05, 0.1) is 25.4 Å². The van der Waals surface area contributed by atoms with Gasteiger partial charge in [0.25, 0.3) is 0 Å². The number of anilines is 1. The highest BCUT2D eigenvalue weighted by Gasteiger charge is 2.24. The van der Waals surface area contributed by atoms with Crippen LogP contribution in [0.25, 0.3) is 0 Å². The Bertz CT molecular complexity index is 845. The second-order valence-corrected chi connectivity index (χ2v) is 9.48. The lowest BCUT2D eigenvalue weighted by Gasteiger charge is -2.19. The number of aliphatic hydroxyl groups is 1. The molecule has 0 spiro atoms. The van der Waals surface area contributed by atoms with Gasteiger partial charge in [0.1, 0.15) is 17.2 Å². The Hall–Kier alpha value is -2.28. The van der Waals surface area contributed by atoms with Gasteiger partial charge >= 0.3 is 0 Å². The van der Waals surface area contributed by atoms with Crippen molar-refractivity contribution in [3.05, 3.63) is 48.5 Å². The first-order valence-electron chi connectivity index (χ1n) is 13.3. The Balaban J connectivity index is 0.000000429. The van der Waals surface area contributed by atoms with Crippen LogP contribution in [0.3, 0.4) is 0 Å². The van der Waals surface area contributed by atoms with Crippen LogP contribution in [0.2, 0.25) is 0 Å². The van der Waals surface area contributed by atoms with Crippen molar-refractivity contribution in [3.8, 4) is 17.2 Å². The van der Waals surface area contributed by atoms with Crippen molar-refractivity contribution in [1.29, 1.82) is 0 Å². The van der Waals surface area contributed by atoms with Gasteiger partial charge in [-0.05, 0) is 88.1 Å². The lowest BCUT2D eigenvalue weighted by Crippen LogP contribution is -2.25. The van der Waals surface area contributed by atoms with Gasteiger partial charge in [-0.3, -0.25) is 0 Å². The number of nitrogens with zero attached hydrogens (tertiary/aromatic N) is 2. The van der Waals surface area contributed by atoms with Crippen LogP contribution in [-0.4, -0.2) is 68.2 Å². The molecular formula is C29H44N2O4. The monoisotopic (exact) mass is 484 g/mol. The first-order valence-corrected chi connectivity index (χ1v) is 13.3. The molecule has 0 radical (unpaired) electrons. The molecule has 6 nitrogen and oxygen atoms in total. The smallest absolute Gasteiger partial charge is 0.131 e. The molecule has 35 heavy (non-hydrogen) atoms. The molecule has 2 aromatic rings. The van der Waals surface area contributed by atoms with Gasteiger partial charge in [0.2, 0.25) is 0 Å². The first kappa shape index (κ1) is 27.3. The predicted octanol–water partition coefficient (Wildman–Crippen LogP) is 5.59. The third kappa shape index (κ3) is 9.71. The van der Waals surface area contributed by atoms with Gasteiger partial charge in [-0.1, -0.05) is 26.8 Å². The molecule has 1 unspecified atom stereocenters. The van der Waals surface area contributed by atoms with Crippen LogP contribution in [0.1, 0.15) is 47.0 Å². The minimum Gasteiger partial charge on any atom is -0.493 e. The van der Waals surface area contributed by atoms with Crippen molar-refractivity contribution in [3.63, 3.8) is 0 Å². The van der Waals surface area contributed by atoms with E-state index in [1.165, 1.54) is 32.5 Å². The topological polar surface area (TPSA) is 54.4 Å². The molecular weight excluding hydrogens is 440 g/mol. The number of ether oxygens (including phenoxy) is 3. The van der Waals surface area contributed by atoms with Gasteiger partial charge in [0.15, 0.2) is 0 Å². The Kier molecular flexibility index (Phi) is 11.2. The Labute approximate surface area is 211 Å². The quantitative estimate of drug-likeness (QED) is 0.424. The number of rotatable bonds is 12. The Morgan fingerprint density at radius 3 is 2.23 bits per heavy atom. The van der Waals surface area contributed by atoms with Crippen molar-refractivity contribution in [2.75, 3.05) is 50.8 Å². The summed E-state index contributed by atoms with van der Waals surface area (Å²) in [7, 11) is 0. The highest BCUT2D eigenvalue weighted by atomic mass is 16.5. The molecule has 0 aromatic heterocycles. The van der Waals surface area contributed by atoms with Gasteiger partial charge in [0, 0.05) is 24.8 Å². The molecule has 6 heteroatoms. The lowest BCUT2D eigenvalue weighted by atomic mass is 10.2. The van der Waals surface area contributed by atoms with Crippen molar-refractivity contribution < 1.29 is 19.3 Å². The molecule has 1 N–H and O–H groups in total. The zero-order chi connectivity index (χ0) is 25.0. The summed E-state index contributed by atoms with van der Waals surface area (Å²) in [5.74, 6) is 3.19. The zero-order valence-electron chi connectivity index (χ0n) is 22.0. The average molecular weight is 485 g/mol. The van der Waals surface area contributed by atoms with Gasteiger partial charge in [-0.2, -0.15) is 0 Å². The molecule has 2 aliphatic rings. The molecule has 1 aliphatic heterocycles. The summed E-state index contributed by atoms with van der Waals surface area (Å²) < 4.78 is 17.6. The molecule has 2 fully saturated rings. The summed E-state index contributed by atoms with van der Waals surface area (Å²) in [5, 5.41) is 9.36. The standard InChI is InChI=1S/C23H29NO4.C6H15N/c1-17(25)15-26-23-11-12-24(14-23)19-7-9-20(10-8-19)28-22-4-2-3-21(13-22)27-16-18-5-6-18;1-4-7(5-2)6-3/h2-4,7-10,13,17-18,23,25H,5-6,11-12,14-16H2,1H3;4-6H2,1-3H3/t17?,23-;/m1./s1. The van der Waals surface area contributed by atoms with E-state index in [9.17, 15) is 5.11 Å². The third-order valence-electron chi connectivity index (χ3n) is 6.49. The largest absolute Gasteiger partial charge is 0.493 e. The van der Waals surface area contributed by atoms with E-state index in [0.29, 0.717) is 6.61 Å². The summed E-state index contributed by atoms with van der Waals surface area (Å²) in [6.07, 6.45) is 3.32. The van der Waals surface area contributed by atoms with Crippen molar-refractivity contribution in [2.24, 2.45) is 5.92 Å². The lowest BCUT2D eigenvalue weighted by molar-refractivity contribution is 0.00705. The van der Waals surface area contributed by atoms with Crippen LogP contribution in [0.15, 0.2) is 48.5 Å². The van der Waals surface area contributed by atoms with Crippen LogP contribution in [0.4, 0.5) is 5.69 Å². The van der Waals surface area contributed by atoms with E-state index in [4.69, 9.17) is 14.2 Å². The molecule has 0 amide bonds. The predicted molar refractivity (Wildman–Crippen MR) is 143 cm³/mol. The fourth-order valence-electron chi connectivity index (χ4n) is 4.03. The highest BCUT2D eigenvalue weighted by Crippen LogP contribution is 2.31. The van der Waals surface area contributed by atoms with E-state index in [2.05, 4.69) is 42.7 Å². The minimum atomic E-state index is -0.414. The second kappa shape index (κ2) is 14.3. The summed E-state index contributed by atoms with van der Waals surface area (Å²) in [6.45, 7) is 14.9. The van der Waals surface area contributed by atoms with Crippen LogP contribution >= 0.6 is 0 Å². The molecule has 1 saturated heterocycles. The maximum absolute atomic E-state index is 9.36. The summed E-state index contributed by atoms with van der Waals surface area (Å²) >= 11 is 0. The molecule has 4 rings (SSSR count). The maximum Gasteiger partial charge on any atom is 0.131 e. The van der Waals surface area contributed by atoms with Crippen LogP contribution in [0.5, 0.6) is 17.2 Å². The molecule has 194 valence electrons. The number of hydrogen-bond acceptors (Lipinski definition) is 6. The van der Waals surface area contributed by atoms with E-state index >= 15 is 0 Å². The highest BCUT2D eigenvalue weighted by molar-refractivity contribution is 5.50. The Morgan fingerprint density at radius 1 is 0.943 bits per heavy atom. The average Bonchev–Trinajstić information content (AvgIpc) is 3.59. The third-order valence-corrected chi connectivity index (χ3v) is 6.49.